The van der Waals surface area contributed by atoms with Crippen molar-refractivity contribution >= 4 is 39.7 Å². The van der Waals surface area contributed by atoms with Gasteiger partial charge in [-0.3, -0.25) is 0 Å². The number of hydrogen-bond acceptors (Lipinski definition) is 4. The summed E-state index contributed by atoms with van der Waals surface area (Å²) < 4.78 is 0. The molecule has 0 bridgehead atoms. The van der Waals surface area contributed by atoms with Crippen LogP contribution < -0.4 is 5.32 Å². The second-order valence-electron chi connectivity index (χ2n) is 5.37. The first-order valence-electron chi connectivity index (χ1n) is 7.58. The third-order valence-electron chi connectivity index (χ3n) is 3.72. The Morgan fingerprint density at radius 3 is 2.54 bits per heavy atom. The molecule has 2 aromatic heterocycles. The lowest BCUT2D eigenvalue weighted by Gasteiger charge is -2.10. The van der Waals surface area contributed by atoms with Crippen LogP contribution >= 0.6 is 22.9 Å². The Bertz CT molecular complexity index is 966. The quantitative estimate of drug-likeness (QED) is 0.518. The SMILES string of the molecule is Clc1ccc(CNc2nc(-c3cccs3)nc3ccccc23)cc1. The molecule has 118 valence electrons. The van der Waals surface area contributed by atoms with Gasteiger partial charge in [-0.1, -0.05) is 41.9 Å². The van der Waals surface area contributed by atoms with Gasteiger partial charge in [0.1, 0.15) is 5.82 Å². The van der Waals surface area contributed by atoms with Gasteiger partial charge < -0.3 is 5.32 Å². The lowest BCUT2D eigenvalue weighted by Crippen LogP contribution is -2.04. The van der Waals surface area contributed by atoms with Gasteiger partial charge in [0.15, 0.2) is 5.82 Å². The summed E-state index contributed by atoms with van der Waals surface area (Å²) in [5.74, 6) is 1.60. The normalized spacial score (nSPS) is 10.9. The molecule has 0 unspecified atom stereocenters. The molecular formula is C19H14ClN3S. The molecule has 0 saturated carbocycles. The van der Waals surface area contributed by atoms with Gasteiger partial charge in [0.05, 0.1) is 10.4 Å². The Morgan fingerprint density at radius 1 is 0.917 bits per heavy atom. The number of halogens is 1. The number of para-hydroxylation sites is 1. The fourth-order valence-electron chi connectivity index (χ4n) is 2.52. The molecule has 0 amide bonds. The number of thiophene rings is 1. The van der Waals surface area contributed by atoms with Crippen molar-refractivity contribution in [2.45, 2.75) is 6.54 Å². The van der Waals surface area contributed by atoms with Gasteiger partial charge in [0.2, 0.25) is 0 Å². The fourth-order valence-corrected chi connectivity index (χ4v) is 3.30. The first-order chi connectivity index (χ1) is 11.8. The van der Waals surface area contributed by atoms with Gasteiger partial charge in [0.25, 0.3) is 0 Å². The van der Waals surface area contributed by atoms with Gasteiger partial charge in [0, 0.05) is 17.0 Å². The molecule has 1 N–H and O–H groups in total. The van der Waals surface area contributed by atoms with E-state index < -0.39 is 0 Å². The molecule has 0 aliphatic carbocycles. The Morgan fingerprint density at radius 2 is 1.75 bits per heavy atom. The molecule has 4 aromatic rings. The van der Waals surface area contributed by atoms with E-state index in [1.165, 1.54) is 0 Å². The number of rotatable bonds is 4. The minimum absolute atomic E-state index is 0.683. The van der Waals surface area contributed by atoms with E-state index >= 15 is 0 Å². The van der Waals surface area contributed by atoms with Crippen LogP contribution in [0, 0.1) is 0 Å². The molecule has 2 heterocycles. The van der Waals surface area contributed by atoms with Crippen LogP contribution in [0.5, 0.6) is 0 Å². The first kappa shape index (κ1) is 15.1. The van der Waals surface area contributed by atoms with Crippen molar-refractivity contribution in [1.82, 2.24) is 9.97 Å². The van der Waals surface area contributed by atoms with Gasteiger partial charge >= 0.3 is 0 Å². The number of nitrogens with one attached hydrogen (secondary N) is 1. The minimum atomic E-state index is 0.683. The van der Waals surface area contributed by atoms with Crippen molar-refractivity contribution in [3.63, 3.8) is 0 Å². The summed E-state index contributed by atoms with van der Waals surface area (Å²) in [6.45, 7) is 0.683. The second kappa shape index (κ2) is 6.59. The number of nitrogens with zero attached hydrogens (tertiary/aromatic N) is 2. The monoisotopic (exact) mass is 351 g/mol. The average Bonchev–Trinajstić information content (AvgIpc) is 3.15. The van der Waals surface area contributed by atoms with Crippen LogP contribution in [-0.4, -0.2) is 9.97 Å². The zero-order valence-electron chi connectivity index (χ0n) is 12.7. The molecule has 0 radical (unpaired) electrons. The number of hydrogen-bond donors (Lipinski definition) is 1. The molecule has 4 rings (SSSR count). The molecule has 2 aromatic carbocycles. The molecule has 0 aliphatic heterocycles. The third kappa shape index (κ3) is 3.11. The maximum Gasteiger partial charge on any atom is 0.172 e. The zero-order valence-corrected chi connectivity index (χ0v) is 14.3. The van der Waals surface area contributed by atoms with Crippen LogP contribution in [0.4, 0.5) is 5.82 Å². The average molecular weight is 352 g/mol. The summed E-state index contributed by atoms with van der Waals surface area (Å²) in [7, 11) is 0. The molecular weight excluding hydrogens is 338 g/mol. The Balaban J connectivity index is 1.71. The lowest BCUT2D eigenvalue weighted by atomic mass is 10.2. The molecule has 0 aliphatic rings. The predicted octanol–water partition coefficient (Wildman–Crippen LogP) is 5.62. The molecule has 0 atom stereocenters. The smallest absolute Gasteiger partial charge is 0.172 e. The minimum Gasteiger partial charge on any atom is -0.365 e. The largest absolute Gasteiger partial charge is 0.365 e. The van der Waals surface area contributed by atoms with Crippen LogP contribution in [0.1, 0.15) is 5.56 Å². The molecule has 0 spiro atoms. The molecule has 24 heavy (non-hydrogen) atoms. The van der Waals surface area contributed by atoms with Crippen LogP contribution in [-0.2, 0) is 6.54 Å². The van der Waals surface area contributed by atoms with Crippen molar-refractivity contribution in [3.05, 3.63) is 76.6 Å². The topological polar surface area (TPSA) is 37.8 Å². The van der Waals surface area contributed by atoms with E-state index in [1.807, 2.05) is 66.0 Å². The van der Waals surface area contributed by atoms with Crippen molar-refractivity contribution in [1.29, 1.82) is 0 Å². The lowest BCUT2D eigenvalue weighted by molar-refractivity contribution is 1.11. The van der Waals surface area contributed by atoms with Crippen molar-refractivity contribution in [2.24, 2.45) is 0 Å². The third-order valence-corrected chi connectivity index (χ3v) is 4.84. The summed E-state index contributed by atoms with van der Waals surface area (Å²) in [6, 6.07) is 19.9. The van der Waals surface area contributed by atoms with Gasteiger partial charge in [-0.15, -0.1) is 11.3 Å². The van der Waals surface area contributed by atoms with Crippen LogP contribution in [0.2, 0.25) is 5.02 Å². The van der Waals surface area contributed by atoms with E-state index in [9.17, 15) is 0 Å². The molecule has 0 fully saturated rings. The summed E-state index contributed by atoms with van der Waals surface area (Å²) in [6.07, 6.45) is 0. The standard InChI is InChI=1S/C19H14ClN3S/c20-14-9-7-13(8-10-14)12-21-18-15-4-1-2-5-16(15)22-19(23-18)17-6-3-11-24-17/h1-11H,12H2,(H,21,22,23). The highest BCUT2D eigenvalue weighted by atomic mass is 35.5. The highest BCUT2D eigenvalue weighted by Crippen LogP contribution is 2.27. The van der Waals surface area contributed by atoms with E-state index in [4.69, 9.17) is 16.6 Å². The van der Waals surface area contributed by atoms with Gasteiger partial charge in [-0.25, -0.2) is 9.97 Å². The fraction of sp³-hybridized carbons (Fsp3) is 0.0526. The first-order valence-corrected chi connectivity index (χ1v) is 8.84. The van der Waals surface area contributed by atoms with E-state index in [2.05, 4.69) is 10.3 Å². The van der Waals surface area contributed by atoms with Gasteiger partial charge in [-0.2, -0.15) is 0 Å². The summed E-state index contributed by atoms with van der Waals surface area (Å²) >= 11 is 7.59. The summed E-state index contributed by atoms with van der Waals surface area (Å²) in [5, 5.41) is 7.23. The second-order valence-corrected chi connectivity index (χ2v) is 6.75. The Hall–Kier alpha value is -2.43. The van der Waals surface area contributed by atoms with E-state index in [1.54, 1.807) is 11.3 Å². The molecule has 0 saturated heterocycles. The highest BCUT2D eigenvalue weighted by molar-refractivity contribution is 7.13. The van der Waals surface area contributed by atoms with Crippen LogP contribution in [0.25, 0.3) is 21.6 Å². The van der Waals surface area contributed by atoms with E-state index in [0.717, 1.165) is 38.0 Å². The van der Waals surface area contributed by atoms with Crippen LogP contribution in [0.3, 0.4) is 0 Å². The van der Waals surface area contributed by atoms with Crippen molar-refractivity contribution in [3.8, 4) is 10.7 Å². The number of anilines is 1. The predicted molar refractivity (Wildman–Crippen MR) is 102 cm³/mol. The van der Waals surface area contributed by atoms with E-state index in [-0.39, 0.29) is 0 Å². The summed E-state index contributed by atoms with van der Waals surface area (Å²) in [5.41, 5.74) is 2.09. The maximum atomic E-state index is 5.94. The van der Waals surface area contributed by atoms with Crippen molar-refractivity contribution in [2.75, 3.05) is 5.32 Å². The van der Waals surface area contributed by atoms with Crippen molar-refractivity contribution < 1.29 is 0 Å². The Labute approximate surface area is 149 Å². The van der Waals surface area contributed by atoms with Gasteiger partial charge in [-0.05, 0) is 41.3 Å². The number of benzene rings is 2. The highest BCUT2D eigenvalue weighted by Gasteiger charge is 2.09. The maximum absolute atomic E-state index is 5.94. The van der Waals surface area contributed by atoms with Crippen LogP contribution in [0.15, 0.2) is 66.0 Å². The number of fused-ring (bicyclic) bond motifs is 1. The molecule has 3 nitrogen and oxygen atoms in total. The zero-order chi connectivity index (χ0) is 16.4. The van der Waals surface area contributed by atoms with E-state index in [0.29, 0.717) is 6.54 Å². The Kier molecular flexibility index (Phi) is 4.15. The number of aromatic nitrogens is 2. The molecule has 5 heteroatoms. The summed E-state index contributed by atoms with van der Waals surface area (Å²) in [4.78, 5) is 10.5.